The third-order valence-corrected chi connectivity index (χ3v) is 2.40. The molecule has 0 aromatic heterocycles. The van der Waals surface area contributed by atoms with Gasteiger partial charge in [-0.2, -0.15) is 5.26 Å². The van der Waals surface area contributed by atoms with E-state index >= 15 is 0 Å². The average Bonchev–Trinajstić information content (AvgIpc) is 2.08. The Morgan fingerprint density at radius 1 is 1.62 bits per heavy atom. The molecule has 1 aromatic rings. The molecule has 66 valence electrons. The predicted octanol–water partition coefficient (Wildman–Crippen LogP) is 2.23. The fourth-order valence-corrected chi connectivity index (χ4v) is 1.63. The first kappa shape index (κ1) is 9.75. The minimum Gasteiger partial charge on any atom is -0.507 e. The molecular weight excluding hydrogens is 234 g/mol. The molecule has 0 saturated carbocycles. The molecule has 0 aliphatic carbocycles. The zero-order chi connectivity index (χ0) is 10.0. The average molecular weight is 240 g/mol. The van der Waals surface area contributed by atoms with E-state index in [1.807, 2.05) is 6.07 Å². The van der Waals surface area contributed by atoms with Gasteiger partial charge in [-0.3, -0.25) is 4.79 Å². The second-order valence-corrected chi connectivity index (χ2v) is 3.28. The Morgan fingerprint density at radius 3 is 2.69 bits per heavy atom. The van der Waals surface area contributed by atoms with E-state index in [-0.39, 0.29) is 27.1 Å². The fraction of sp³-hybridized carbons (Fsp3) is 0.111. The van der Waals surface area contributed by atoms with Crippen molar-refractivity contribution >= 4 is 21.7 Å². The first-order valence-electron chi connectivity index (χ1n) is 3.50. The van der Waals surface area contributed by atoms with Gasteiger partial charge >= 0.3 is 0 Å². The van der Waals surface area contributed by atoms with E-state index in [9.17, 15) is 9.90 Å². The van der Waals surface area contributed by atoms with Crippen molar-refractivity contribution in [3.63, 3.8) is 0 Å². The summed E-state index contributed by atoms with van der Waals surface area (Å²) in [6.07, 6.45) is 0. The number of carbonyl (C=O) groups excluding carboxylic acids is 1. The standard InChI is InChI=1S/C9H6BrNO2/c1-5(12)8-6(4-11)2-3-7(13)9(8)10/h2-3,13H,1H3. The van der Waals surface area contributed by atoms with Crippen LogP contribution < -0.4 is 0 Å². The smallest absolute Gasteiger partial charge is 0.162 e. The van der Waals surface area contributed by atoms with Crippen molar-refractivity contribution in [1.29, 1.82) is 5.26 Å². The van der Waals surface area contributed by atoms with Gasteiger partial charge in [-0.25, -0.2) is 0 Å². The molecule has 4 heteroatoms. The highest BCUT2D eigenvalue weighted by Crippen LogP contribution is 2.30. The molecule has 0 heterocycles. The Bertz CT molecular complexity index is 407. The number of phenolic OH excluding ortho intramolecular Hbond substituents is 1. The van der Waals surface area contributed by atoms with E-state index in [4.69, 9.17) is 5.26 Å². The number of aromatic hydroxyl groups is 1. The Labute approximate surface area is 83.7 Å². The van der Waals surface area contributed by atoms with Gasteiger partial charge in [0.25, 0.3) is 0 Å². The van der Waals surface area contributed by atoms with Crippen LogP contribution in [0.3, 0.4) is 0 Å². The SMILES string of the molecule is CC(=O)c1c(C#N)ccc(O)c1Br. The summed E-state index contributed by atoms with van der Waals surface area (Å²) in [5, 5.41) is 17.9. The summed E-state index contributed by atoms with van der Waals surface area (Å²) in [5.41, 5.74) is 0.486. The van der Waals surface area contributed by atoms with E-state index in [2.05, 4.69) is 15.9 Å². The molecule has 13 heavy (non-hydrogen) atoms. The Hall–Kier alpha value is -1.34. The highest BCUT2D eigenvalue weighted by molar-refractivity contribution is 9.10. The van der Waals surface area contributed by atoms with Gasteiger partial charge in [-0.15, -0.1) is 0 Å². The number of hydrogen-bond donors (Lipinski definition) is 1. The first-order valence-corrected chi connectivity index (χ1v) is 4.29. The van der Waals surface area contributed by atoms with Crippen molar-refractivity contribution < 1.29 is 9.90 Å². The molecule has 0 aliphatic heterocycles. The monoisotopic (exact) mass is 239 g/mol. The third-order valence-electron chi connectivity index (χ3n) is 1.59. The van der Waals surface area contributed by atoms with E-state index in [1.54, 1.807) is 0 Å². The zero-order valence-electron chi connectivity index (χ0n) is 6.84. The van der Waals surface area contributed by atoms with Gasteiger partial charge in [0.1, 0.15) is 5.75 Å². The number of halogens is 1. The van der Waals surface area contributed by atoms with Gasteiger partial charge in [0.05, 0.1) is 21.7 Å². The Kier molecular flexibility index (Phi) is 2.69. The summed E-state index contributed by atoms with van der Waals surface area (Å²) in [5.74, 6) is -0.288. The van der Waals surface area contributed by atoms with Crippen LogP contribution in [-0.4, -0.2) is 10.9 Å². The van der Waals surface area contributed by atoms with Crippen LogP contribution in [0.5, 0.6) is 5.75 Å². The van der Waals surface area contributed by atoms with Gasteiger partial charge in [0.2, 0.25) is 0 Å². The number of rotatable bonds is 1. The topological polar surface area (TPSA) is 61.1 Å². The van der Waals surface area contributed by atoms with Crippen molar-refractivity contribution in [3.8, 4) is 11.8 Å². The Morgan fingerprint density at radius 2 is 2.23 bits per heavy atom. The van der Waals surface area contributed by atoms with Crippen molar-refractivity contribution in [3.05, 3.63) is 27.7 Å². The zero-order valence-corrected chi connectivity index (χ0v) is 8.42. The summed E-state index contributed by atoms with van der Waals surface area (Å²) in [6.45, 7) is 1.35. The molecule has 1 N–H and O–H groups in total. The largest absolute Gasteiger partial charge is 0.507 e. The number of nitriles is 1. The van der Waals surface area contributed by atoms with Crippen LogP contribution in [0.2, 0.25) is 0 Å². The molecule has 0 atom stereocenters. The van der Waals surface area contributed by atoms with Gasteiger partial charge in [-0.05, 0) is 35.0 Å². The second-order valence-electron chi connectivity index (χ2n) is 2.49. The maximum Gasteiger partial charge on any atom is 0.162 e. The minimum atomic E-state index is -0.251. The van der Waals surface area contributed by atoms with Crippen LogP contribution >= 0.6 is 15.9 Å². The second kappa shape index (κ2) is 3.58. The minimum absolute atomic E-state index is 0.0378. The van der Waals surface area contributed by atoms with Crippen molar-refractivity contribution in [2.24, 2.45) is 0 Å². The number of Topliss-reactive ketones (excluding diaryl/α,β-unsaturated/α-hetero) is 1. The van der Waals surface area contributed by atoms with Crippen molar-refractivity contribution in [1.82, 2.24) is 0 Å². The first-order chi connectivity index (χ1) is 6.07. The molecule has 0 spiro atoms. The maximum atomic E-state index is 11.1. The third kappa shape index (κ3) is 1.70. The number of ketones is 1. The van der Waals surface area contributed by atoms with Crippen molar-refractivity contribution in [2.75, 3.05) is 0 Å². The molecular formula is C9H6BrNO2. The highest BCUT2D eigenvalue weighted by Gasteiger charge is 2.14. The molecule has 0 saturated heterocycles. The summed E-state index contributed by atoms with van der Waals surface area (Å²) in [7, 11) is 0. The molecule has 0 radical (unpaired) electrons. The number of benzene rings is 1. The van der Waals surface area contributed by atoms with E-state index < -0.39 is 0 Å². The number of carbonyl (C=O) groups is 1. The van der Waals surface area contributed by atoms with Gasteiger partial charge in [0, 0.05) is 0 Å². The van der Waals surface area contributed by atoms with Crippen LogP contribution in [-0.2, 0) is 0 Å². The summed E-state index contributed by atoms with van der Waals surface area (Å²) < 4.78 is 0.277. The summed E-state index contributed by atoms with van der Waals surface area (Å²) >= 11 is 3.05. The molecule has 0 fully saturated rings. The molecule has 0 unspecified atom stereocenters. The summed E-state index contributed by atoms with van der Waals surface area (Å²) in [6, 6.07) is 4.67. The van der Waals surface area contributed by atoms with E-state index in [1.165, 1.54) is 19.1 Å². The molecule has 0 bridgehead atoms. The van der Waals surface area contributed by atoms with Crippen LogP contribution in [0, 0.1) is 11.3 Å². The van der Waals surface area contributed by atoms with Crippen LogP contribution in [0.1, 0.15) is 22.8 Å². The quantitative estimate of drug-likeness (QED) is 0.765. The maximum absolute atomic E-state index is 11.1. The van der Waals surface area contributed by atoms with Crippen LogP contribution in [0.25, 0.3) is 0 Å². The van der Waals surface area contributed by atoms with E-state index in [0.717, 1.165) is 0 Å². The number of nitrogens with zero attached hydrogens (tertiary/aromatic N) is 1. The van der Waals surface area contributed by atoms with Gasteiger partial charge in [0.15, 0.2) is 5.78 Å². The van der Waals surface area contributed by atoms with Gasteiger partial charge < -0.3 is 5.11 Å². The lowest BCUT2D eigenvalue weighted by Gasteiger charge is -2.03. The molecule has 0 amide bonds. The number of hydrogen-bond acceptors (Lipinski definition) is 3. The lowest BCUT2D eigenvalue weighted by Crippen LogP contribution is -1.98. The number of phenols is 1. The van der Waals surface area contributed by atoms with Crippen molar-refractivity contribution in [2.45, 2.75) is 6.92 Å². The highest BCUT2D eigenvalue weighted by atomic mass is 79.9. The summed E-state index contributed by atoms with van der Waals surface area (Å²) in [4.78, 5) is 11.1. The van der Waals surface area contributed by atoms with Crippen LogP contribution in [0.4, 0.5) is 0 Å². The molecule has 1 rings (SSSR count). The molecule has 1 aromatic carbocycles. The van der Waals surface area contributed by atoms with E-state index in [0.29, 0.717) is 0 Å². The van der Waals surface area contributed by atoms with Gasteiger partial charge in [-0.1, -0.05) is 0 Å². The molecule has 0 aliphatic rings. The molecule has 3 nitrogen and oxygen atoms in total. The normalized spacial score (nSPS) is 9.31. The van der Waals surface area contributed by atoms with Crippen LogP contribution in [0.15, 0.2) is 16.6 Å². The predicted molar refractivity (Wildman–Crippen MR) is 50.5 cm³/mol. The lowest BCUT2D eigenvalue weighted by atomic mass is 10.1. The Balaban J connectivity index is 3.53. The lowest BCUT2D eigenvalue weighted by molar-refractivity contribution is 0.101. The fourth-order valence-electron chi connectivity index (χ4n) is 1.00.